The molecule has 0 aromatic carbocycles. The largest absolute Gasteiger partial charge is 0.419 e. The van der Waals surface area contributed by atoms with Gasteiger partial charge >= 0.3 is 6.09 Å². The highest BCUT2D eigenvalue weighted by atomic mass is 16.6. The predicted molar refractivity (Wildman–Crippen MR) is 98.0 cm³/mol. The van der Waals surface area contributed by atoms with Crippen LogP contribution in [0, 0.1) is 6.92 Å². The fourth-order valence-corrected chi connectivity index (χ4v) is 2.18. The average molecular weight is 369 g/mol. The number of amides is 1. The molecule has 10 nitrogen and oxygen atoms in total. The minimum atomic E-state index is -0.697. The van der Waals surface area contributed by atoms with Crippen LogP contribution in [-0.2, 0) is 11.3 Å². The predicted octanol–water partition coefficient (Wildman–Crippen LogP) is 2.38. The Morgan fingerprint density at radius 2 is 2.04 bits per heavy atom. The highest BCUT2D eigenvalue weighted by molar-refractivity contribution is 5.85. The monoisotopic (exact) mass is 369 g/mol. The molecule has 0 aliphatic heterocycles. The summed E-state index contributed by atoms with van der Waals surface area (Å²) in [5, 5.41) is 9.85. The summed E-state index contributed by atoms with van der Waals surface area (Å²) in [7, 11) is 1.61. The molecule has 3 rings (SSSR count). The molecule has 1 amide bonds. The molecule has 0 atom stereocenters. The van der Waals surface area contributed by atoms with E-state index in [1.807, 2.05) is 0 Å². The van der Waals surface area contributed by atoms with Gasteiger partial charge in [-0.3, -0.25) is 10.00 Å². The van der Waals surface area contributed by atoms with Crippen molar-refractivity contribution in [1.29, 1.82) is 0 Å². The number of hydrogen-bond donors (Lipinski definition) is 2. The van der Waals surface area contributed by atoms with Crippen LogP contribution in [-0.4, -0.2) is 44.5 Å². The third kappa shape index (κ3) is 5.22. The van der Waals surface area contributed by atoms with Crippen LogP contribution in [0.15, 0.2) is 43.1 Å². The number of anilines is 3. The number of ether oxygens (including phenoxy) is 2. The normalized spacial score (nSPS) is 10.4. The Hall–Kier alpha value is -3.53. The summed E-state index contributed by atoms with van der Waals surface area (Å²) in [6, 6.07) is 5.23. The fourth-order valence-electron chi connectivity index (χ4n) is 2.18. The van der Waals surface area contributed by atoms with Crippen molar-refractivity contribution in [2.24, 2.45) is 0 Å². The molecule has 140 valence electrons. The van der Waals surface area contributed by atoms with E-state index >= 15 is 0 Å². The molecular formula is C17H19N7O3. The van der Waals surface area contributed by atoms with Crippen LogP contribution in [0.4, 0.5) is 22.0 Å². The van der Waals surface area contributed by atoms with Gasteiger partial charge in [-0.25, -0.2) is 19.7 Å². The highest BCUT2D eigenvalue weighted by Gasteiger charge is 2.13. The SMILES string of the molecule is COCCn1ccc(NC(=O)Oc2nc(C)ccc2Nc2cncnc2)n1. The molecule has 27 heavy (non-hydrogen) atoms. The number of nitrogens with one attached hydrogen (secondary N) is 2. The Labute approximate surface area is 155 Å². The zero-order valence-corrected chi connectivity index (χ0v) is 14.9. The highest BCUT2D eigenvalue weighted by Crippen LogP contribution is 2.25. The lowest BCUT2D eigenvalue weighted by Gasteiger charge is -2.11. The lowest BCUT2D eigenvalue weighted by Crippen LogP contribution is -2.19. The first-order valence-corrected chi connectivity index (χ1v) is 8.15. The van der Waals surface area contributed by atoms with Crippen LogP contribution in [0.5, 0.6) is 5.88 Å². The third-order valence-corrected chi connectivity index (χ3v) is 3.42. The molecule has 3 heterocycles. The lowest BCUT2D eigenvalue weighted by atomic mass is 10.3. The fraction of sp³-hybridized carbons (Fsp3) is 0.235. The average Bonchev–Trinajstić information content (AvgIpc) is 3.10. The number of nitrogens with zero attached hydrogens (tertiary/aromatic N) is 5. The van der Waals surface area contributed by atoms with Gasteiger partial charge in [-0.2, -0.15) is 5.10 Å². The smallest absolute Gasteiger partial charge is 0.389 e. The molecular weight excluding hydrogens is 350 g/mol. The van der Waals surface area contributed by atoms with E-state index in [9.17, 15) is 4.79 Å². The molecule has 0 unspecified atom stereocenters. The van der Waals surface area contributed by atoms with Crippen molar-refractivity contribution >= 4 is 23.3 Å². The Morgan fingerprint density at radius 1 is 1.22 bits per heavy atom. The first-order chi connectivity index (χ1) is 13.1. The maximum atomic E-state index is 12.2. The van der Waals surface area contributed by atoms with E-state index in [2.05, 4.69) is 30.7 Å². The van der Waals surface area contributed by atoms with Crippen LogP contribution in [0.2, 0.25) is 0 Å². The van der Waals surface area contributed by atoms with Gasteiger partial charge in [0.1, 0.15) is 12.0 Å². The maximum absolute atomic E-state index is 12.2. The Balaban J connectivity index is 1.68. The van der Waals surface area contributed by atoms with Crippen LogP contribution in [0.3, 0.4) is 0 Å². The number of aryl methyl sites for hydroxylation is 1. The van der Waals surface area contributed by atoms with Gasteiger partial charge in [0.15, 0.2) is 5.82 Å². The first kappa shape index (κ1) is 18.3. The molecule has 0 saturated carbocycles. The van der Waals surface area contributed by atoms with E-state index in [0.29, 0.717) is 36.0 Å². The second-order valence-electron chi connectivity index (χ2n) is 5.53. The summed E-state index contributed by atoms with van der Waals surface area (Å²) in [4.78, 5) is 24.4. The number of rotatable bonds is 7. The van der Waals surface area contributed by atoms with Gasteiger partial charge in [0.2, 0.25) is 5.88 Å². The summed E-state index contributed by atoms with van der Waals surface area (Å²) >= 11 is 0. The van der Waals surface area contributed by atoms with Crippen molar-refractivity contribution < 1.29 is 14.3 Å². The van der Waals surface area contributed by atoms with E-state index in [1.165, 1.54) is 6.33 Å². The molecule has 2 N–H and O–H groups in total. The molecule has 0 saturated heterocycles. The Bertz CT molecular complexity index is 899. The standard InChI is InChI=1S/C17H19N7O3/c1-12-3-4-14(21-13-9-18-11-19-10-13)16(20-12)27-17(25)22-15-5-6-24(23-15)7-8-26-2/h3-6,9-11,21H,7-8H2,1-2H3,(H,22,23,25). The minimum absolute atomic E-state index is 0.134. The zero-order chi connectivity index (χ0) is 19.1. The summed E-state index contributed by atoms with van der Waals surface area (Å²) in [6.07, 6.45) is 5.67. The zero-order valence-electron chi connectivity index (χ0n) is 14.9. The van der Waals surface area contributed by atoms with Gasteiger partial charge in [0, 0.05) is 25.1 Å². The molecule has 0 bridgehead atoms. The molecule has 3 aromatic rings. The van der Waals surface area contributed by atoms with Crippen molar-refractivity contribution in [3.8, 4) is 5.88 Å². The van der Waals surface area contributed by atoms with Crippen LogP contribution < -0.4 is 15.4 Å². The first-order valence-electron chi connectivity index (χ1n) is 8.15. The summed E-state index contributed by atoms with van der Waals surface area (Å²) in [6.45, 7) is 2.91. The van der Waals surface area contributed by atoms with Gasteiger partial charge < -0.3 is 14.8 Å². The second-order valence-corrected chi connectivity index (χ2v) is 5.53. The molecule has 0 spiro atoms. The number of pyridine rings is 1. The Morgan fingerprint density at radius 3 is 2.81 bits per heavy atom. The number of carbonyl (C=O) groups excluding carboxylic acids is 1. The van der Waals surface area contributed by atoms with Crippen LogP contribution in [0.25, 0.3) is 0 Å². The Kier molecular flexibility index (Phi) is 5.90. The van der Waals surface area contributed by atoms with Crippen molar-refractivity contribution in [3.05, 3.63) is 48.8 Å². The molecule has 0 fully saturated rings. The van der Waals surface area contributed by atoms with Crippen molar-refractivity contribution in [1.82, 2.24) is 24.7 Å². The van der Waals surface area contributed by atoms with Crippen molar-refractivity contribution in [3.63, 3.8) is 0 Å². The lowest BCUT2D eigenvalue weighted by molar-refractivity contribution is 0.183. The van der Waals surface area contributed by atoms with E-state index < -0.39 is 6.09 Å². The number of methoxy groups -OCH3 is 1. The molecule has 0 aliphatic carbocycles. The summed E-state index contributed by atoms with van der Waals surface area (Å²) in [5.41, 5.74) is 1.86. The quantitative estimate of drug-likeness (QED) is 0.652. The van der Waals surface area contributed by atoms with Gasteiger partial charge in [-0.1, -0.05) is 0 Å². The van der Waals surface area contributed by atoms with E-state index in [4.69, 9.17) is 9.47 Å². The van der Waals surface area contributed by atoms with E-state index in [0.717, 1.165) is 0 Å². The van der Waals surface area contributed by atoms with Crippen LogP contribution in [0.1, 0.15) is 5.69 Å². The third-order valence-electron chi connectivity index (χ3n) is 3.42. The van der Waals surface area contributed by atoms with Gasteiger partial charge in [0.25, 0.3) is 0 Å². The topological polar surface area (TPSA) is 116 Å². The van der Waals surface area contributed by atoms with Gasteiger partial charge in [-0.05, 0) is 19.1 Å². The number of aromatic nitrogens is 5. The molecule has 0 radical (unpaired) electrons. The number of carbonyl (C=O) groups is 1. The van der Waals surface area contributed by atoms with Crippen molar-refractivity contribution in [2.45, 2.75) is 13.5 Å². The van der Waals surface area contributed by atoms with E-state index in [-0.39, 0.29) is 5.88 Å². The van der Waals surface area contributed by atoms with E-state index in [1.54, 1.807) is 55.5 Å². The second kappa shape index (κ2) is 8.72. The van der Waals surface area contributed by atoms with Gasteiger partial charge in [0.05, 0.1) is 31.2 Å². The maximum Gasteiger partial charge on any atom is 0.419 e. The minimum Gasteiger partial charge on any atom is -0.389 e. The van der Waals surface area contributed by atoms with Crippen molar-refractivity contribution in [2.75, 3.05) is 24.4 Å². The number of hydrogen-bond acceptors (Lipinski definition) is 8. The molecule has 3 aromatic heterocycles. The summed E-state index contributed by atoms with van der Waals surface area (Å²) < 4.78 is 12.0. The van der Waals surface area contributed by atoms with Gasteiger partial charge in [-0.15, -0.1) is 0 Å². The summed E-state index contributed by atoms with van der Waals surface area (Å²) in [5.74, 6) is 0.505. The molecule has 0 aliphatic rings. The van der Waals surface area contributed by atoms with Crippen LogP contribution >= 0.6 is 0 Å². The molecule has 10 heteroatoms.